The summed E-state index contributed by atoms with van der Waals surface area (Å²) in [5, 5.41) is 3.15. The number of nitrogens with zero attached hydrogens (tertiary/aromatic N) is 1. The molecule has 2 N–H and O–H groups in total. The maximum absolute atomic E-state index is 11.4. The fourth-order valence-corrected chi connectivity index (χ4v) is 1.86. The predicted molar refractivity (Wildman–Crippen MR) is 83.1 cm³/mol. The Labute approximate surface area is 118 Å². The molecule has 0 aliphatic rings. The van der Waals surface area contributed by atoms with E-state index in [-0.39, 0.29) is 5.78 Å². The first kappa shape index (κ1) is 13.8. The van der Waals surface area contributed by atoms with Gasteiger partial charge in [0.1, 0.15) is 0 Å². The van der Waals surface area contributed by atoms with Crippen molar-refractivity contribution in [3.8, 4) is 0 Å². The number of hydrogen-bond donors (Lipinski definition) is 2. The van der Waals surface area contributed by atoms with Crippen LogP contribution in [0.2, 0.25) is 0 Å². The molecule has 2 rings (SSSR count). The van der Waals surface area contributed by atoms with Crippen molar-refractivity contribution in [3.05, 3.63) is 53.9 Å². The normalized spacial score (nSPS) is 10.7. The molecule has 0 unspecified atom stereocenters. The number of ketones is 1. The van der Waals surface area contributed by atoms with Crippen LogP contribution in [0.3, 0.4) is 0 Å². The van der Waals surface area contributed by atoms with Crippen molar-refractivity contribution in [2.45, 2.75) is 13.8 Å². The minimum absolute atomic E-state index is 0.0366. The maximum atomic E-state index is 11.4. The zero-order chi connectivity index (χ0) is 14.5. The van der Waals surface area contributed by atoms with Crippen LogP contribution in [-0.4, -0.2) is 15.8 Å². The number of Topliss-reactive ketones (excluding diaryl/α,β-unsaturated/α-hetero) is 1. The third-order valence-corrected chi connectivity index (χ3v) is 2.82. The van der Waals surface area contributed by atoms with Crippen LogP contribution in [-0.2, 0) is 0 Å². The third kappa shape index (κ3) is 3.03. The van der Waals surface area contributed by atoms with Gasteiger partial charge in [-0.25, -0.2) is 4.98 Å². The molecule has 4 nitrogen and oxygen atoms in total. The highest BCUT2D eigenvalue weighted by atomic mass is 16.1. The first-order valence-electron chi connectivity index (χ1n) is 6.37. The van der Waals surface area contributed by atoms with Gasteiger partial charge in [0.15, 0.2) is 5.78 Å². The lowest BCUT2D eigenvalue weighted by molar-refractivity contribution is 0.101. The van der Waals surface area contributed by atoms with Gasteiger partial charge < -0.3 is 10.3 Å². The zero-order valence-electron chi connectivity index (χ0n) is 11.6. The van der Waals surface area contributed by atoms with Gasteiger partial charge in [-0.3, -0.25) is 4.79 Å². The summed E-state index contributed by atoms with van der Waals surface area (Å²) >= 11 is 0. The van der Waals surface area contributed by atoms with E-state index in [1.54, 1.807) is 25.1 Å². The van der Waals surface area contributed by atoms with Crippen LogP contribution >= 0.6 is 0 Å². The van der Waals surface area contributed by atoms with Crippen molar-refractivity contribution < 1.29 is 4.79 Å². The van der Waals surface area contributed by atoms with Crippen LogP contribution in [0.5, 0.6) is 0 Å². The summed E-state index contributed by atoms with van der Waals surface area (Å²) in [6, 6.07) is 7.31. The summed E-state index contributed by atoms with van der Waals surface area (Å²) in [7, 11) is 0. The first-order valence-corrected chi connectivity index (χ1v) is 6.37. The second kappa shape index (κ2) is 6.02. The molecule has 102 valence electrons. The van der Waals surface area contributed by atoms with Gasteiger partial charge in [0, 0.05) is 11.3 Å². The second-order valence-electron chi connectivity index (χ2n) is 4.35. The number of carbonyl (C=O) groups excluding carboxylic acids is 1. The molecule has 1 heterocycles. The Hall–Kier alpha value is -2.62. The molecule has 0 amide bonds. The number of nitrogens with one attached hydrogen (secondary N) is 2. The van der Waals surface area contributed by atoms with E-state index in [2.05, 4.69) is 21.9 Å². The summed E-state index contributed by atoms with van der Waals surface area (Å²) in [6.07, 6.45) is 5.56. The van der Waals surface area contributed by atoms with Crippen molar-refractivity contribution in [2.75, 3.05) is 5.32 Å². The first-order chi connectivity index (χ1) is 9.63. The Kier molecular flexibility index (Phi) is 4.15. The smallest absolute Gasteiger partial charge is 0.205 e. The monoisotopic (exact) mass is 267 g/mol. The average Bonchev–Trinajstić information content (AvgIpc) is 2.81. The molecule has 0 aliphatic heterocycles. The molecule has 0 aliphatic carbocycles. The quantitative estimate of drug-likeness (QED) is 0.804. The van der Waals surface area contributed by atoms with E-state index in [0.717, 1.165) is 17.1 Å². The Morgan fingerprint density at radius 1 is 1.45 bits per heavy atom. The van der Waals surface area contributed by atoms with Crippen molar-refractivity contribution >= 4 is 29.6 Å². The minimum atomic E-state index is 0.0366. The topological polar surface area (TPSA) is 57.8 Å². The number of imidazole rings is 1. The Balaban J connectivity index is 2.28. The number of rotatable bonds is 5. The van der Waals surface area contributed by atoms with Crippen LogP contribution in [0.1, 0.15) is 35.6 Å². The van der Waals surface area contributed by atoms with E-state index in [1.807, 2.05) is 31.2 Å². The molecule has 0 bridgehead atoms. The van der Waals surface area contributed by atoms with Crippen LogP contribution in [0.4, 0.5) is 11.6 Å². The van der Waals surface area contributed by atoms with Crippen molar-refractivity contribution in [2.24, 2.45) is 0 Å². The summed E-state index contributed by atoms with van der Waals surface area (Å²) < 4.78 is 0. The molecular formula is C16H17N3O. The minimum Gasteiger partial charge on any atom is -0.326 e. The van der Waals surface area contributed by atoms with Crippen LogP contribution in [0.25, 0.3) is 12.2 Å². The van der Waals surface area contributed by atoms with Gasteiger partial charge in [0.25, 0.3) is 0 Å². The molecular weight excluding hydrogens is 250 g/mol. The number of hydrogen-bond acceptors (Lipinski definition) is 3. The number of aromatic amines is 1. The SMILES string of the molecule is C=Cc1nc(Nc2cccc(C(C)=O)c2)[nH]c1/C=C\C. The van der Waals surface area contributed by atoms with E-state index in [1.165, 1.54) is 0 Å². The number of aromatic nitrogens is 2. The standard InChI is InChI=1S/C16H17N3O/c1-4-7-15-14(5-2)18-16(19-15)17-13-9-6-8-12(10-13)11(3)20/h4-10H,2H2,1,3H3,(H2,17,18,19)/b7-4-. The zero-order valence-corrected chi connectivity index (χ0v) is 11.6. The summed E-state index contributed by atoms with van der Waals surface area (Å²) in [5.74, 6) is 0.656. The Morgan fingerprint density at radius 3 is 2.90 bits per heavy atom. The van der Waals surface area contributed by atoms with E-state index in [0.29, 0.717) is 11.5 Å². The lowest BCUT2D eigenvalue weighted by Crippen LogP contribution is -1.96. The molecule has 0 saturated heterocycles. The van der Waals surface area contributed by atoms with Crippen molar-refractivity contribution in [1.82, 2.24) is 9.97 Å². The Bertz CT molecular complexity index is 668. The summed E-state index contributed by atoms with van der Waals surface area (Å²) in [5.41, 5.74) is 3.16. The summed E-state index contributed by atoms with van der Waals surface area (Å²) in [4.78, 5) is 18.9. The fraction of sp³-hybridized carbons (Fsp3) is 0.125. The molecule has 4 heteroatoms. The molecule has 0 spiro atoms. The molecule has 1 aromatic carbocycles. The molecule has 0 fully saturated rings. The second-order valence-corrected chi connectivity index (χ2v) is 4.35. The van der Waals surface area contributed by atoms with Gasteiger partial charge in [-0.15, -0.1) is 0 Å². The third-order valence-electron chi connectivity index (χ3n) is 2.82. The van der Waals surface area contributed by atoms with E-state index >= 15 is 0 Å². The highest BCUT2D eigenvalue weighted by Crippen LogP contribution is 2.19. The Morgan fingerprint density at radius 2 is 2.25 bits per heavy atom. The van der Waals surface area contributed by atoms with Gasteiger partial charge in [-0.05, 0) is 38.1 Å². The number of benzene rings is 1. The number of H-pyrrole nitrogens is 1. The molecule has 2 aromatic rings. The van der Waals surface area contributed by atoms with Gasteiger partial charge in [0.2, 0.25) is 5.95 Å². The van der Waals surface area contributed by atoms with Gasteiger partial charge in [0.05, 0.1) is 11.4 Å². The van der Waals surface area contributed by atoms with E-state index < -0.39 is 0 Å². The fourth-order valence-electron chi connectivity index (χ4n) is 1.86. The highest BCUT2D eigenvalue weighted by Gasteiger charge is 2.06. The summed E-state index contributed by atoms with van der Waals surface area (Å²) in [6.45, 7) is 7.23. The van der Waals surface area contributed by atoms with Crippen LogP contribution < -0.4 is 5.32 Å². The van der Waals surface area contributed by atoms with Crippen molar-refractivity contribution in [1.29, 1.82) is 0 Å². The maximum Gasteiger partial charge on any atom is 0.205 e. The largest absolute Gasteiger partial charge is 0.326 e. The van der Waals surface area contributed by atoms with Crippen LogP contribution in [0.15, 0.2) is 36.9 Å². The lowest BCUT2D eigenvalue weighted by atomic mass is 10.1. The van der Waals surface area contributed by atoms with E-state index in [9.17, 15) is 4.79 Å². The van der Waals surface area contributed by atoms with Gasteiger partial charge >= 0.3 is 0 Å². The molecule has 1 aromatic heterocycles. The average molecular weight is 267 g/mol. The predicted octanol–water partition coefficient (Wildman–Crippen LogP) is 4.03. The molecule has 0 saturated carbocycles. The molecule has 0 atom stereocenters. The molecule has 20 heavy (non-hydrogen) atoms. The van der Waals surface area contributed by atoms with Crippen LogP contribution in [0, 0.1) is 0 Å². The van der Waals surface area contributed by atoms with E-state index in [4.69, 9.17) is 0 Å². The van der Waals surface area contributed by atoms with Crippen molar-refractivity contribution in [3.63, 3.8) is 0 Å². The number of allylic oxidation sites excluding steroid dienone is 1. The highest BCUT2D eigenvalue weighted by molar-refractivity contribution is 5.95. The number of anilines is 2. The van der Waals surface area contributed by atoms with Gasteiger partial charge in [-0.1, -0.05) is 24.8 Å². The van der Waals surface area contributed by atoms with Gasteiger partial charge in [-0.2, -0.15) is 0 Å². The molecule has 0 radical (unpaired) electrons. The number of carbonyl (C=O) groups is 1. The lowest BCUT2D eigenvalue weighted by Gasteiger charge is -2.04.